The molecule has 0 radical (unpaired) electrons. The molecule has 2 atom stereocenters. The molecular weight excluding hydrogens is 184 g/mol. The molecule has 2 unspecified atom stereocenters. The Morgan fingerprint density at radius 2 is 2.27 bits per heavy atom. The van der Waals surface area contributed by atoms with Crippen molar-refractivity contribution >= 4 is 0 Å². The molecule has 0 aliphatic heterocycles. The summed E-state index contributed by atoms with van der Waals surface area (Å²) >= 11 is 0. The Morgan fingerprint density at radius 3 is 2.80 bits per heavy atom. The van der Waals surface area contributed by atoms with E-state index >= 15 is 0 Å². The van der Waals surface area contributed by atoms with Gasteiger partial charge in [-0.05, 0) is 37.4 Å². The minimum Gasteiger partial charge on any atom is -0.316 e. The van der Waals surface area contributed by atoms with Crippen LogP contribution in [0.1, 0.15) is 32.3 Å². The Balaban J connectivity index is 2.53. The largest absolute Gasteiger partial charge is 0.316 e. The molecule has 0 fully saturated rings. The van der Waals surface area contributed by atoms with Crippen LogP contribution in [-0.2, 0) is 6.42 Å². The van der Waals surface area contributed by atoms with Crippen molar-refractivity contribution in [2.45, 2.75) is 39.2 Å². The highest BCUT2D eigenvalue weighted by Gasteiger charge is 2.14. The van der Waals surface area contributed by atoms with E-state index in [9.17, 15) is 0 Å². The fourth-order valence-electron chi connectivity index (χ4n) is 2.02. The van der Waals surface area contributed by atoms with Gasteiger partial charge in [-0.15, -0.1) is 0 Å². The van der Waals surface area contributed by atoms with Crippen molar-refractivity contribution in [2.75, 3.05) is 7.05 Å². The van der Waals surface area contributed by atoms with E-state index in [4.69, 9.17) is 0 Å². The molecule has 0 amide bonds. The van der Waals surface area contributed by atoms with Gasteiger partial charge in [0.2, 0.25) is 0 Å². The monoisotopic (exact) mass is 206 g/mol. The van der Waals surface area contributed by atoms with Crippen LogP contribution in [0.2, 0.25) is 0 Å². The first-order valence-electron chi connectivity index (χ1n) is 5.84. The van der Waals surface area contributed by atoms with Crippen molar-refractivity contribution in [3.8, 4) is 0 Å². The second-order valence-corrected chi connectivity index (χ2v) is 4.23. The normalized spacial score (nSPS) is 14.9. The van der Waals surface area contributed by atoms with Gasteiger partial charge in [0.25, 0.3) is 0 Å². The molecule has 0 bridgehead atoms. The van der Waals surface area contributed by atoms with E-state index < -0.39 is 0 Å². The lowest BCUT2D eigenvalue weighted by Crippen LogP contribution is -2.34. The zero-order chi connectivity index (χ0) is 11.1. The van der Waals surface area contributed by atoms with Gasteiger partial charge in [-0.1, -0.05) is 26.3 Å². The number of hydrogen-bond donors (Lipinski definition) is 1. The van der Waals surface area contributed by atoms with Crippen LogP contribution in [0.25, 0.3) is 0 Å². The van der Waals surface area contributed by atoms with Crippen LogP contribution in [0.5, 0.6) is 0 Å². The van der Waals surface area contributed by atoms with Crippen LogP contribution in [0, 0.1) is 5.92 Å². The van der Waals surface area contributed by atoms with Crippen molar-refractivity contribution in [3.63, 3.8) is 0 Å². The van der Waals surface area contributed by atoms with E-state index in [-0.39, 0.29) is 0 Å². The summed E-state index contributed by atoms with van der Waals surface area (Å²) < 4.78 is 0. The van der Waals surface area contributed by atoms with E-state index in [0.717, 1.165) is 12.3 Å². The summed E-state index contributed by atoms with van der Waals surface area (Å²) in [5, 5.41) is 3.41. The molecular formula is C13H22N2. The fraction of sp³-hybridized carbons (Fsp3) is 0.615. The standard InChI is InChI=1S/C13H22N2/c1-4-6-11(2)13(14-3)9-12-7-5-8-15-10-12/h5,7-8,10-11,13-14H,4,6,9H2,1-3H3. The van der Waals surface area contributed by atoms with Gasteiger partial charge in [-0.2, -0.15) is 0 Å². The molecule has 1 N–H and O–H groups in total. The number of likely N-dealkylation sites (N-methyl/N-ethyl adjacent to an activating group) is 1. The van der Waals surface area contributed by atoms with Crippen LogP contribution in [0.3, 0.4) is 0 Å². The number of hydrogen-bond acceptors (Lipinski definition) is 2. The molecule has 0 aliphatic rings. The van der Waals surface area contributed by atoms with E-state index in [1.807, 2.05) is 25.5 Å². The molecule has 1 rings (SSSR count). The first-order chi connectivity index (χ1) is 7.27. The molecule has 0 spiro atoms. The maximum atomic E-state index is 4.15. The zero-order valence-electron chi connectivity index (χ0n) is 10.0. The highest BCUT2D eigenvalue weighted by Crippen LogP contribution is 2.14. The number of aromatic nitrogens is 1. The highest BCUT2D eigenvalue weighted by molar-refractivity contribution is 5.10. The fourth-order valence-corrected chi connectivity index (χ4v) is 2.02. The van der Waals surface area contributed by atoms with Crippen LogP contribution in [0.15, 0.2) is 24.5 Å². The first-order valence-corrected chi connectivity index (χ1v) is 5.84. The minimum absolute atomic E-state index is 0.564. The van der Waals surface area contributed by atoms with Gasteiger partial charge in [0.05, 0.1) is 0 Å². The second kappa shape index (κ2) is 6.57. The summed E-state index contributed by atoms with van der Waals surface area (Å²) in [6.07, 6.45) is 7.40. The predicted molar refractivity (Wildman–Crippen MR) is 64.9 cm³/mol. The third kappa shape index (κ3) is 4.00. The van der Waals surface area contributed by atoms with Gasteiger partial charge in [0.1, 0.15) is 0 Å². The maximum absolute atomic E-state index is 4.15. The SMILES string of the molecule is CCCC(C)C(Cc1cccnc1)NC. The summed E-state index contributed by atoms with van der Waals surface area (Å²) in [7, 11) is 2.05. The molecule has 0 aromatic carbocycles. The molecule has 1 aromatic heterocycles. The zero-order valence-corrected chi connectivity index (χ0v) is 10.0. The summed E-state index contributed by atoms with van der Waals surface area (Å²) in [6, 6.07) is 4.72. The predicted octanol–water partition coefficient (Wildman–Crippen LogP) is 2.65. The number of rotatable bonds is 6. The van der Waals surface area contributed by atoms with Crippen molar-refractivity contribution < 1.29 is 0 Å². The summed E-state index contributed by atoms with van der Waals surface area (Å²) in [6.45, 7) is 4.56. The smallest absolute Gasteiger partial charge is 0.0300 e. The van der Waals surface area contributed by atoms with Gasteiger partial charge < -0.3 is 5.32 Å². The topological polar surface area (TPSA) is 24.9 Å². The lowest BCUT2D eigenvalue weighted by Gasteiger charge is -2.23. The third-order valence-electron chi connectivity index (χ3n) is 2.98. The van der Waals surface area contributed by atoms with E-state index in [2.05, 4.69) is 30.2 Å². The van der Waals surface area contributed by atoms with Crippen LogP contribution in [0.4, 0.5) is 0 Å². The number of pyridine rings is 1. The maximum Gasteiger partial charge on any atom is 0.0300 e. The van der Waals surface area contributed by atoms with Crippen molar-refractivity contribution in [1.82, 2.24) is 10.3 Å². The van der Waals surface area contributed by atoms with Crippen molar-refractivity contribution in [1.29, 1.82) is 0 Å². The van der Waals surface area contributed by atoms with Crippen LogP contribution in [-0.4, -0.2) is 18.1 Å². The third-order valence-corrected chi connectivity index (χ3v) is 2.98. The molecule has 0 saturated carbocycles. The Morgan fingerprint density at radius 1 is 1.47 bits per heavy atom. The molecule has 84 valence electrons. The summed E-state index contributed by atoms with van der Waals surface area (Å²) in [4.78, 5) is 4.15. The number of nitrogens with one attached hydrogen (secondary N) is 1. The minimum atomic E-state index is 0.564. The average molecular weight is 206 g/mol. The summed E-state index contributed by atoms with van der Waals surface area (Å²) in [5.74, 6) is 0.722. The Kier molecular flexibility index (Phi) is 5.33. The van der Waals surface area contributed by atoms with E-state index in [0.29, 0.717) is 6.04 Å². The Labute approximate surface area is 93.1 Å². The van der Waals surface area contributed by atoms with E-state index in [1.165, 1.54) is 18.4 Å². The van der Waals surface area contributed by atoms with E-state index in [1.54, 1.807) is 0 Å². The summed E-state index contributed by atoms with van der Waals surface area (Å²) in [5.41, 5.74) is 1.32. The van der Waals surface area contributed by atoms with Gasteiger partial charge in [0.15, 0.2) is 0 Å². The van der Waals surface area contributed by atoms with Gasteiger partial charge >= 0.3 is 0 Å². The molecule has 1 aromatic rings. The van der Waals surface area contributed by atoms with Gasteiger partial charge in [-0.25, -0.2) is 0 Å². The van der Waals surface area contributed by atoms with Crippen molar-refractivity contribution in [2.24, 2.45) is 5.92 Å². The Hall–Kier alpha value is -0.890. The lowest BCUT2D eigenvalue weighted by atomic mass is 9.92. The van der Waals surface area contributed by atoms with Gasteiger partial charge in [-0.3, -0.25) is 4.98 Å². The molecule has 0 aliphatic carbocycles. The molecule has 2 heteroatoms. The quantitative estimate of drug-likeness (QED) is 0.774. The molecule has 0 saturated heterocycles. The highest BCUT2D eigenvalue weighted by atomic mass is 14.9. The van der Waals surface area contributed by atoms with Gasteiger partial charge in [0, 0.05) is 18.4 Å². The lowest BCUT2D eigenvalue weighted by molar-refractivity contribution is 0.371. The average Bonchev–Trinajstić information content (AvgIpc) is 2.27. The Bertz CT molecular complexity index is 258. The molecule has 1 heterocycles. The van der Waals surface area contributed by atoms with Crippen molar-refractivity contribution in [3.05, 3.63) is 30.1 Å². The molecule has 2 nitrogen and oxygen atoms in total. The number of nitrogens with zero attached hydrogens (tertiary/aromatic N) is 1. The van der Waals surface area contributed by atoms with Crippen LogP contribution < -0.4 is 5.32 Å². The molecule has 15 heavy (non-hydrogen) atoms. The first kappa shape index (κ1) is 12.2. The van der Waals surface area contributed by atoms with Crippen LogP contribution >= 0.6 is 0 Å². The second-order valence-electron chi connectivity index (χ2n) is 4.23.